The van der Waals surface area contributed by atoms with Crippen LogP contribution in [0.3, 0.4) is 0 Å². The van der Waals surface area contributed by atoms with Gasteiger partial charge in [-0.15, -0.1) is 0 Å². The number of aromatic amines is 1. The molecule has 1 aliphatic heterocycles. The topological polar surface area (TPSA) is 50.1 Å². The summed E-state index contributed by atoms with van der Waals surface area (Å²) < 4.78 is 1.68. The van der Waals surface area contributed by atoms with Gasteiger partial charge in [-0.2, -0.15) is 0 Å². The van der Waals surface area contributed by atoms with Crippen LogP contribution in [0.1, 0.15) is 5.56 Å². The second kappa shape index (κ2) is 5.31. The van der Waals surface area contributed by atoms with Crippen molar-refractivity contribution in [2.45, 2.75) is 6.42 Å². The van der Waals surface area contributed by atoms with Gasteiger partial charge >= 0.3 is 5.69 Å². The summed E-state index contributed by atoms with van der Waals surface area (Å²) in [7, 11) is 0. The summed E-state index contributed by atoms with van der Waals surface area (Å²) in [5.41, 5.74) is 3.36. The summed E-state index contributed by atoms with van der Waals surface area (Å²) in [4.78, 5) is 20.1. The van der Waals surface area contributed by atoms with Crippen LogP contribution in [-0.4, -0.2) is 9.55 Å². The van der Waals surface area contributed by atoms with Gasteiger partial charge in [-0.3, -0.25) is 9.55 Å². The molecule has 5 rings (SSSR count). The van der Waals surface area contributed by atoms with Crippen molar-refractivity contribution in [3.8, 4) is 5.69 Å². The van der Waals surface area contributed by atoms with Crippen molar-refractivity contribution in [3.05, 3.63) is 93.6 Å². The smallest absolute Gasteiger partial charge is 0.290 e. The molecule has 1 aromatic heterocycles. The van der Waals surface area contributed by atoms with Gasteiger partial charge in [0.25, 0.3) is 0 Å². The van der Waals surface area contributed by atoms with E-state index in [2.05, 4.69) is 35.3 Å². The third-order valence-corrected chi connectivity index (χ3v) is 4.62. The molecule has 4 heteroatoms. The van der Waals surface area contributed by atoms with Crippen molar-refractivity contribution in [1.82, 2.24) is 9.55 Å². The van der Waals surface area contributed by atoms with Crippen LogP contribution >= 0.6 is 0 Å². The Hall–Kier alpha value is -3.40. The van der Waals surface area contributed by atoms with E-state index in [1.54, 1.807) is 4.57 Å². The van der Waals surface area contributed by atoms with Gasteiger partial charge < -0.3 is 0 Å². The Morgan fingerprint density at radius 1 is 0.920 bits per heavy atom. The highest BCUT2D eigenvalue weighted by atomic mass is 16.1. The Morgan fingerprint density at radius 2 is 1.64 bits per heavy atom. The van der Waals surface area contributed by atoms with Crippen LogP contribution in [0.5, 0.6) is 0 Å². The number of hydrogen-bond acceptors (Lipinski definition) is 2. The fourth-order valence-electron chi connectivity index (χ4n) is 3.41. The van der Waals surface area contributed by atoms with Crippen LogP contribution in [0, 0.1) is 0 Å². The van der Waals surface area contributed by atoms with Crippen LogP contribution in [0.15, 0.2) is 76.5 Å². The van der Waals surface area contributed by atoms with Crippen molar-refractivity contribution >= 4 is 22.5 Å². The van der Waals surface area contributed by atoms with Crippen LogP contribution in [0.4, 0.5) is 5.69 Å². The quantitative estimate of drug-likeness (QED) is 0.575. The van der Waals surface area contributed by atoms with Crippen molar-refractivity contribution in [2.24, 2.45) is 4.99 Å². The van der Waals surface area contributed by atoms with E-state index >= 15 is 0 Å². The third-order valence-electron chi connectivity index (χ3n) is 4.62. The van der Waals surface area contributed by atoms with Crippen LogP contribution in [0.2, 0.25) is 0 Å². The molecule has 1 aliphatic rings. The fourth-order valence-corrected chi connectivity index (χ4v) is 3.41. The lowest BCUT2D eigenvalue weighted by Crippen LogP contribution is -2.30. The van der Waals surface area contributed by atoms with E-state index in [1.165, 1.54) is 5.39 Å². The standard InChI is InChI=1S/C21H15N3O/c25-21-23-20-19(24(21)17-8-2-1-3-9-17)11-10-16-12-14-6-4-5-7-15(14)13-18(16)22-20/h1-9,11-13H,10H2,(H,22,23,25). The summed E-state index contributed by atoms with van der Waals surface area (Å²) in [5, 5.41) is 3.17. The molecule has 4 nitrogen and oxygen atoms in total. The highest BCUT2D eigenvalue weighted by Gasteiger charge is 2.11. The molecule has 0 saturated heterocycles. The molecule has 0 atom stereocenters. The predicted molar refractivity (Wildman–Crippen MR) is 98.9 cm³/mol. The van der Waals surface area contributed by atoms with Gasteiger partial charge in [-0.25, -0.2) is 9.79 Å². The monoisotopic (exact) mass is 325 g/mol. The molecular formula is C21H15N3O. The summed E-state index contributed by atoms with van der Waals surface area (Å²) in [6.45, 7) is 0. The van der Waals surface area contributed by atoms with Gasteiger partial charge in [0.05, 0.1) is 16.7 Å². The van der Waals surface area contributed by atoms with Gasteiger partial charge in [-0.05, 0) is 47.0 Å². The molecular weight excluding hydrogens is 310 g/mol. The SMILES string of the molecule is O=c1[nH]c2c(n1-c1ccccc1)=CCc1cc3ccccc3cc1N=2. The first-order chi connectivity index (χ1) is 12.3. The summed E-state index contributed by atoms with van der Waals surface area (Å²) in [6.07, 6.45) is 2.81. The number of H-pyrrole nitrogens is 1. The molecule has 25 heavy (non-hydrogen) atoms. The third kappa shape index (κ3) is 2.22. The summed E-state index contributed by atoms with van der Waals surface area (Å²) >= 11 is 0. The van der Waals surface area contributed by atoms with E-state index in [4.69, 9.17) is 4.99 Å². The summed E-state index contributed by atoms with van der Waals surface area (Å²) in [6, 6.07) is 22.2. The van der Waals surface area contributed by atoms with E-state index in [-0.39, 0.29) is 5.69 Å². The van der Waals surface area contributed by atoms with Crippen molar-refractivity contribution in [1.29, 1.82) is 0 Å². The minimum atomic E-state index is -0.166. The Morgan fingerprint density at radius 3 is 2.44 bits per heavy atom. The Labute approximate surface area is 143 Å². The van der Waals surface area contributed by atoms with E-state index in [0.29, 0.717) is 5.49 Å². The Kier molecular flexibility index (Phi) is 2.97. The molecule has 0 saturated carbocycles. The number of aromatic nitrogens is 2. The zero-order chi connectivity index (χ0) is 16.8. The number of nitrogens with zero attached hydrogens (tertiary/aromatic N) is 2. The zero-order valence-electron chi connectivity index (χ0n) is 13.4. The largest absolute Gasteiger partial charge is 0.332 e. The number of benzene rings is 3. The number of hydrogen-bond donors (Lipinski definition) is 1. The molecule has 0 spiro atoms. The maximum absolute atomic E-state index is 12.5. The lowest BCUT2D eigenvalue weighted by Gasteiger charge is -2.05. The van der Waals surface area contributed by atoms with Gasteiger partial charge in [0.15, 0.2) is 5.49 Å². The lowest BCUT2D eigenvalue weighted by molar-refractivity contribution is 0.957. The average Bonchev–Trinajstić information content (AvgIpc) is 2.85. The van der Waals surface area contributed by atoms with E-state index in [1.807, 2.05) is 42.5 Å². The highest BCUT2D eigenvalue weighted by Crippen LogP contribution is 2.27. The molecule has 120 valence electrons. The molecule has 4 aromatic rings. The zero-order valence-corrected chi connectivity index (χ0v) is 13.4. The van der Waals surface area contributed by atoms with Gasteiger partial charge in [-0.1, -0.05) is 48.5 Å². The van der Waals surface area contributed by atoms with Crippen LogP contribution < -0.4 is 16.5 Å². The molecule has 0 bridgehead atoms. The lowest BCUT2D eigenvalue weighted by atomic mass is 10.0. The minimum Gasteiger partial charge on any atom is -0.290 e. The minimum absolute atomic E-state index is 0.166. The predicted octanol–water partition coefficient (Wildman–Crippen LogP) is 2.61. The molecule has 2 heterocycles. The maximum Gasteiger partial charge on any atom is 0.332 e. The van der Waals surface area contributed by atoms with Crippen LogP contribution in [-0.2, 0) is 6.42 Å². The van der Waals surface area contributed by atoms with E-state index < -0.39 is 0 Å². The van der Waals surface area contributed by atoms with Crippen LogP contribution in [0.25, 0.3) is 22.5 Å². The number of fused-ring (bicyclic) bond motifs is 3. The first-order valence-corrected chi connectivity index (χ1v) is 8.27. The molecule has 1 N–H and O–H groups in total. The molecule has 0 aliphatic carbocycles. The van der Waals surface area contributed by atoms with Gasteiger partial charge in [0.1, 0.15) is 0 Å². The van der Waals surface area contributed by atoms with Gasteiger partial charge in [0.2, 0.25) is 0 Å². The first kappa shape index (κ1) is 14.0. The maximum atomic E-state index is 12.5. The molecule has 0 unspecified atom stereocenters. The second-order valence-electron chi connectivity index (χ2n) is 6.18. The number of imidazole rings is 1. The normalized spacial score (nSPS) is 12.6. The van der Waals surface area contributed by atoms with Crippen molar-refractivity contribution in [3.63, 3.8) is 0 Å². The molecule has 3 aromatic carbocycles. The van der Waals surface area contributed by atoms with Crippen molar-refractivity contribution < 1.29 is 0 Å². The summed E-state index contributed by atoms with van der Waals surface area (Å²) in [5.74, 6) is 0. The Bertz CT molecular complexity index is 1280. The number of nitrogens with one attached hydrogen (secondary N) is 1. The number of rotatable bonds is 1. The highest BCUT2D eigenvalue weighted by molar-refractivity contribution is 5.87. The average molecular weight is 325 g/mol. The van der Waals surface area contributed by atoms with E-state index in [9.17, 15) is 4.79 Å². The molecule has 0 amide bonds. The fraction of sp³-hybridized carbons (Fsp3) is 0.0476. The molecule has 0 fully saturated rings. The molecule has 0 radical (unpaired) electrons. The number of para-hydroxylation sites is 1. The van der Waals surface area contributed by atoms with Gasteiger partial charge in [0, 0.05) is 0 Å². The second-order valence-corrected chi connectivity index (χ2v) is 6.18. The van der Waals surface area contributed by atoms with Crippen molar-refractivity contribution in [2.75, 3.05) is 0 Å². The first-order valence-electron chi connectivity index (χ1n) is 8.27. The van der Waals surface area contributed by atoms with E-state index in [0.717, 1.165) is 34.1 Å². The Balaban J connectivity index is 1.80.